The number of hydrogen-bond donors (Lipinski definition) is 1. The van der Waals surface area contributed by atoms with Crippen LogP contribution < -0.4 is 0 Å². The molecule has 0 radical (unpaired) electrons. The van der Waals surface area contributed by atoms with Gasteiger partial charge in [0.25, 0.3) is 0 Å². The SMILES string of the molecule is Cc1ccc(C(=O)/C=C/c2cc(C)c(O)c(C)c2)c(C)c1. The van der Waals surface area contributed by atoms with Crippen molar-refractivity contribution < 1.29 is 9.90 Å². The van der Waals surface area contributed by atoms with Crippen molar-refractivity contribution in [3.8, 4) is 5.75 Å². The predicted octanol–water partition coefficient (Wildman–Crippen LogP) is 4.52. The first-order valence-corrected chi connectivity index (χ1v) is 6.98. The first-order chi connectivity index (χ1) is 9.88. The molecule has 0 aliphatic heterocycles. The summed E-state index contributed by atoms with van der Waals surface area (Å²) >= 11 is 0. The maximum atomic E-state index is 12.3. The summed E-state index contributed by atoms with van der Waals surface area (Å²) < 4.78 is 0. The molecule has 0 fully saturated rings. The van der Waals surface area contributed by atoms with Gasteiger partial charge in [0.2, 0.25) is 0 Å². The molecular weight excluding hydrogens is 260 g/mol. The molecule has 2 nitrogen and oxygen atoms in total. The minimum Gasteiger partial charge on any atom is -0.507 e. The molecule has 21 heavy (non-hydrogen) atoms. The molecule has 0 spiro atoms. The van der Waals surface area contributed by atoms with Crippen LogP contribution in [0.4, 0.5) is 0 Å². The number of ketones is 1. The molecule has 0 saturated heterocycles. The molecule has 0 aliphatic rings. The zero-order valence-electron chi connectivity index (χ0n) is 12.9. The van der Waals surface area contributed by atoms with E-state index in [1.165, 1.54) is 0 Å². The van der Waals surface area contributed by atoms with Gasteiger partial charge in [0, 0.05) is 5.56 Å². The number of aromatic hydroxyl groups is 1. The van der Waals surface area contributed by atoms with E-state index in [2.05, 4.69) is 0 Å². The van der Waals surface area contributed by atoms with Crippen molar-refractivity contribution in [1.29, 1.82) is 0 Å². The second-order valence-corrected chi connectivity index (χ2v) is 5.52. The Labute approximate surface area is 125 Å². The van der Waals surface area contributed by atoms with E-state index in [9.17, 15) is 9.90 Å². The highest BCUT2D eigenvalue weighted by Gasteiger charge is 2.06. The van der Waals surface area contributed by atoms with Crippen LogP contribution in [0.15, 0.2) is 36.4 Å². The van der Waals surface area contributed by atoms with E-state index in [1.807, 2.05) is 58.0 Å². The highest BCUT2D eigenvalue weighted by molar-refractivity contribution is 6.07. The van der Waals surface area contributed by atoms with Crippen LogP contribution in [0.3, 0.4) is 0 Å². The average molecular weight is 280 g/mol. The van der Waals surface area contributed by atoms with Gasteiger partial charge < -0.3 is 5.11 Å². The molecule has 2 aromatic carbocycles. The van der Waals surface area contributed by atoms with E-state index < -0.39 is 0 Å². The fourth-order valence-corrected chi connectivity index (χ4v) is 2.44. The lowest BCUT2D eigenvalue weighted by molar-refractivity contribution is 0.104. The van der Waals surface area contributed by atoms with E-state index >= 15 is 0 Å². The Morgan fingerprint density at radius 3 is 2.14 bits per heavy atom. The molecule has 0 atom stereocenters. The zero-order valence-corrected chi connectivity index (χ0v) is 12.9. The summed E-state index contributed by atoms with van der Waals surface area (Å²) in [7, 11) is 0. The standard InChI is InChI=1S/C19H20O2/c1-12-5-7-17(13(2)9-12)18(20)8-6-16-10-14(3)19(21)15(4)11-16/h5-11,21H,1-4H3/b8-6+. The fraction of sp³-hybridized carbons (Fsp3) is 0.211. The van der Waals surface area contributed by atoms with E-state index in [1.54, 1.807) is 12.2 Å². The smallest absolute Gasteiger partial charge is 0.186 e. The number of aryl methyl sites for hydroxylation is 4. The molecule has 0 bridgehead atoms. The molecule has 0 saturated carbocycles. The number of rotatable bonds is 3. The molecule has 0 amide bonds. The van der Waals surface area contributed by atoms with Gasteiger partial charge in [0.15, 0.2) is 5.78 Å². The lowest BCUT2D eigenvalue weighted by atomic mass is 10.0. The maximum absolute atomic E-state index is 12.3. The van der Waals surface area contributed by atoms with Crippen LogP contribution in [0.1, 0.15) is 38.2 Å². The van der Waals surface area contributed by atoms with Gasteiger partial charge in [-0.3, -0.25) is 4.79 Å². The first-order valence-electron chi connectivity index (χ1n) is 6.98. The second kappa shape index (κ2) is 5.96. The summed E-state index contributed by atoms with van der Waals surface area (Å²) in [5.41, 5.74) is 5.41. The normalized spacial score (nSPS) is 11.0. The van der Waals surface area contributed by atoms with Crippen LogP contribution in [0, 0.1) is 27.7 Å². The van der Waals surface area contributed by atoms with Crippen molar-refractivity contribution in [2.75, 3.05) is 0 Å². The highest BCUT2D eigenvalue weighted by Crippen LogP contribution is 2.23. The molecule has 0 heterocycles. The molecule has 0 unspecified atom stereocenters. The molecule has 1 N–H and O–H groups in total. The molecule has 2 rings (SSSR count). The van der Waals surface area contributed by atoms with E-state index in [0.717, 1.165) is 33.4 Å². The minimum absolute atomic E-state index is 0.00381. The van der Waals surface area contributed by atoms with Crippen LogP contribution in [0.25, 0.3) is 6.08 Å². The summed E-state index contributed by atoms with van der Waals surface area (Å²) in [4.78, 5) is 12.3. The Morgan fingerprint density at radius 2 is 1.57 bits per heavy atom. The number of allylic oxidation sites excluding steroid dienone is 1. The van der Waals surface area contributed by atoms with E-state index in [4.69, 9.17) is 0 Å². The minimum atomic E-state index is -0.00381. The molecule has 2 aromatic rings. The van der Waals surface area contributed by atoms with Gasteiger partial charge >= 0.3 is 0 Å². The van der Waals surface area contributed by atoms with Gasteiger partial charge in [0.05, 0.1) is 0 Å². The summed E-state index contributed by atoms with van der Waals surface area (Å²) in [5, 5.41) is 9.76. The summed E-state index contributed by atoms with van der Waals surface area (Å²) in [6, 6.07) is 9.56. The third kappa shape index (κ3) is 3.40. The third-order valence-corrected chi connectivity index (χ3v) is 3.59. The largest absolute Gasteiger partial charge is 0.507 e. The van der Waals surface area contributed by atoms with Crippen molar-refractivity contribution in [2.45, 2.75) is 27.7 Å². The van der Waals surface area contributed by atoms with Crippen molar-refractivity contribution in [3.63, 3.8) is 0 Å². The van der Waals surface area contributed by atoms with Crippen molar-refractivity contribution >= 4 is 11.9 Å². The number of phenolic OH excluding ortho intramolecular Hbond substituents is 1. The van der Waals surface area contributed by atoms with Gasteiger partial charge in [0.1, 0.15) is 5.75 Å². The van der Waals surface area contributed by atoms with E-state index in [-0.39, 0.29) is 5.78 Å². The second-order valence-electron chi connectivity index (χ2n) is 5.52. The number of hydrogen-bond acceptors (Lipinski definition) is 2. The number of benzene rings is 2. The monoisotopic (exact) mass is 280 g/mol. The average Bonchev–Trinajstić information content (AvgIpc) is 2.42. The molecule has 0 aromatic heterocycles. The molecular formula is C19H20O2. The number of phenols is 1. The first kappa shape index (κ1) is 15.0. The van der Waals surface area contributed by atoms with Gasteiger partial charge in [-0.15, -0.1) is 0 Å². The van der Waals surface area contributed by atoms with Crippen LogP contribution in [-0.2, 0) is 0 Å². The molecule has 2 heteroatoms. The van der Waals surface area contributed by atoms with Gasteiger partial charge in [-0.2, -0.15) is 0 Å². The van der Waals surface area contributed by atoms with E-state index in [0.29, 0.717) is 5.75 Å². The topological polar surface area (TPSA) is 37.3 Å². The van der Waals surface area contributed by atoms with Crippen LogP contribution in [0.2, 0.25) is 0 Å². The third-order valence-electron chi connectivity index (χ3n) is 3.59. The van der Waals surface area contributed by atoms with Crippen LogP contribution >= 0.6 is 0 Å². The Balaban J connectivity index is 2.27. The lowest BCUT2D eigenvalue weighted by Gasteiger charge is -2.05. The van der Waals surface area contributed by atoms with Gasteiger partial charge in [-0.1, -0.05) is 29.8 Å². The number of carbonyl (C=O) groups excluding carboxylic acids is 1. The Hall–Kier alpha value is -2.35. The number of carbonyl (C=O) groups is 1. The zero-order chi connectivity index (χ0) is 15.6. The fourth-order valence-electron chi connectivity index (χ4n) is 2.44. The quantitative estimate of drug-likeness (QED) is 0.663. The Bertz CT molecular complexity index is 701. The van der Waals surface area contributed by atoms with Gasteiger partial charge in [-0.05, 0) is 68.2 Å². The van der Waals surface area contributed by atoms with Crippen molar-refractivity contribution in [3.05, 3.63) is 69.8 Å². The maximum Gasteiger partial charge on any atom is 0.186 e. The van der Waals surface area contributed by atoms with Crippen LogP contribution in [-0.4, -0.2) is 10.9 Å². The predicted molar refractivity (Wildman–Crippen MR) is 86.9 cm³/mol. The lowest BCUT2D eigenvalue weighted by Crippen LogP contribution is -1.98. The Kier molecular flexibility index (Phi) is 4.27. The summed E-state index contributed by atoms with van der Waals surface area (Å²) in [6.07, 6.45) is 3.38. The van der Waals surface area contributed by atoms with Crippen LogP contribution in [0.5, 0.6) is 5.75 Å². The summed E-state index contributed by atoms with van der Waals surface area (Å²) in [6.45, 7) is 7.67. The highest BCUT2D eigenvalue weighted by atomic mass is 16.3. The summed E-state index contributed by atoms with van der Waals surface area (Å²) in [5.74, 6) is 0.309. The molecule has 0 aliphatic carbocycles. The Morgan fingerprint density at radius 1 is 0.952 bits per heavy atom. The van der Waals surface area contributed by atoms with Crippen molar-refractivity contribution in [1.82, 2.24) is 0 Å². The van der Waals surface area contributed by atoms with Crippen molar-refractivity contribution in [2.24, 2.45) is 0 Å². The van der Waals surface area contributed by atoms with Gasteiger partial charge in [-0.25, -0.2) is 0 Å². The molecule has 108 valence electrons.